The van der Waals surface area contributed by atoms with Crippen molar-refractivity contribution in [2.75, 3.05) is 13.2 Å². The number of rotatable bonds is 14. The third-order valence-electron chi connectivity index (χ3n) is 7.13. The van der Waals surface area contributed by atoms with Gasteiger partial charge in [0.05, 0.1) is 19.0 Å². The summed E-state index contributed by atoms with van der Waals surface area (Å²) in [5.74, 6) is 0. The van der Waals surface area contributed by atoms with Crippen molar-refractivity contribution in [3.05, 3.63) is 72.5 Å². The second-order valence-corrected chi connectivity index (χ2v) is 23.1. The number of hydrogen-bond acceptors (Lipinski definition) is 4. The highest BCUT2D eigenvalue weighted by Gasteiger charge is 2.50. The third-order valence-corrected chi connectivity index (χ3v) is 13.7. The van der Waals surface area contributed by atoms with Crippen molar-refractivity contribution in [1.82, 2.24) is 4.90 Å². The van der Waals surface area contributed by atoms with Gasteiger partial charge < -0.3 is 19.2 Å². The molecular weight excluding hydrogens is 531 g/mol. The van der Waals surface area contributed by atoms with E-state index in [1.54, 1.807) is 11.2 Å². The molecule has 1 unspecified atom stereocenters. The highest BCUT2D eigenvalue weighted by molar-refractivity contribution is 6.99. The summed E-state index contributed by atoms with van der Waals surface area (Å²) in [6.45, 7) is 20.5. The first kappa shape index (κ1) is 34.0. The van der Waals surface area contributed by atoms with Gasteiger partial charge in [0.15, 0.2) is 0 Å². The minimum Gasteiger partial charge on any atom is -0.418 e. The maximum absolute atomic E-state index is 13.3. The zero-order valence-corrected chi connectivity index (χ0v) is 28.4. The van der Waals surface area contributed by atoms with Crippen molar-refractivity contribution >= 4 is 32.9 Å². The Hall–Kier alpha value is -2.20. The molecule has 2 aromatic rings. The lowest BCUT2D eigenvalue weighted by Gasteiger charge is -2.43. The number of amides is 1. The number of carbonyl (C=O) groups excluding carboxylic acids is 1. The lowest BCUT2D eigenvalue weighted by molar-refractivity contribution is 0.111. The first-order valence-corrected chi connectivity index (χ1v) is 20.4. The Labute approximate surface area is 245 Å². The van der Waals surface area contributed by atoms with Crippen LogP contribution >= 0.6 is 0 Å². The quantitative estimate of drug-likeness (QED) is 0.189. The zero-order chi connectivity index (χ0) is 30.0. The number of ether oxygens (including phenoxy) is 1. The van der Waals surface area contributed by atoms with Gasteiger partial charge in [0.2, 0.25) is 0 Å². The van der Waals surface area contributed by atoms with E-state index in [2.05, 4.69) is 95.9 Å². The Morgan fingerprint density at radius 3 is 1.93 bits per heavy atom. The molecule has 1 N–H and O–H groups in total. The summed E-state index contributed by atoms with van der Waals surface area (Å²) in [6.07, 6.45) is 3.04. The van der Waals surface area contributed by atoms with Crippen LogP contribution in [0, 0.1) is 0 Å². The van der Waals surface area contributed by atoms with Crippen LogP contribution in [0.1, 0.15) is 60.8 Å². The second kappa shape index (κ2) is 15.2. The SMILES string of the molecule is CCCC(O)C/C(=C\OC(=O)N(CCO[Si](c1ccccc1)(c1ccccc1)C(C)(C)C)C(C)C)C[Si](C)(C)C. The third kappa shape index (κ3) is 9.72. The summed E-state index contributed by atoms with van der Waals surface area (Å²) in [6, 6.07) is 21.9. The topological polar surface area (TPSA) is 59.0 Å². The summed E-state index contributed by atoms with van der Waals surface area (Å²) in [5.41, 5.74) is 1.01. The maximum Gasteiger partial charge on any atom is 0.414 e. The Kier molecular flexibility index (Phi) is 12.9. The molecule has 0 bridgehead atoms. The predicted molar refractivity (Wildman–Crippen MR) is 174 cm³/mol. The van der Waals surface area contributed by atoms with Crippen molar-refractivity contribution in [3.8, 4) is 0 Å². The van der Waals surface area contributed by atoms with Gasteiger partial charge in [-0.3, -0.25) is 0 Å². The molecule has 40 heavy (non-hydrogen) atoms. The summed E-state index contributed by atoms with van der Waals surface area (Å²) in [4.78, 5) is 15.1. The number of nitrogens with zero attached hydrogens (tertiary/aromatic N) is 1. The first-order chi connectivity index (χ1) is 18.7. The van der Waals surface area contributed by atoms with E-state index >= 15 is 0 Å². The van der Waals surface area contributed by atoms with Gasteiger partial charge in [-0.15, -0.1) is 0 Å². The van der Waals surface area contributed by atoms with Crippen molar-refractivity contribution in [1.29, 1.82) is 0 Å². The molecule has 0 saturated heterocycles. The minimum atomic E-state index is -2.69. The molecule has 0 aliphatic rings. The van der Waals surface area contributed by atoms with E-state index in [0.29, 0.717) is 19.6 Å². The van der Waals surface area contributed by atoms with E-state index in [1.807, 2.05) is 26.0 Å². The Morgan fingerprint density at radius 2 is 1.50 bits per heavy atom. The molecule has 5 nitrogen and oxygen atoms in total. The molecule has 0 fully saturated rings. The van der Waals surface area contributed by atoms with Crippen molar-refractivity contribution in [2.45, 2.75) is 104 Å². The van der Waals surface area contributed by atoms with E-state index in [4.69, 9.17) is 9.16 Å². The van der Waals surface area contributed by atoms with Gasteiger partial charge in [0, 0.05) is 20.7 Å². The predicted octanol–water partition coefficient (Wildman–Crippen LogP) is 7.18. The Balaban J connectivity index is 2.28. The lowest BCUT2D eigenvalue weighted by atomic mass is 10.1. The minimum absolute atomic E-state index is 0.0465. The summed E-state index contributed by atoms with van der Waals surface area (Å²) in [5, 5.41) is 12.7. The molecule has 0 aliphatic heterocycles. The molecule has 7 heteroatoms. The molecule has 0 spiro atoms. The molecule has 1 atom stereocenters. The number of benzene rings is 2. The number of hydrogen-bond donors (Lipinski definition) is 1. The van der Waals surface area contributed by atoms with Gasteiger partial charge in [0.25, 0.3) is 8.32 Å². The molecule has 0 aliphatic carbocycles. The fourth-order valence-electron chi connectivity index (χ4n) is 5.40. The first-order valence-electron chi connectivity index (χ1n) is 14.8. The second-order valence-electron chi connectivity index (χ2n) is 13.3. The van der Waals surface area contributed by atoms with Crippen LogP contribution in [0.25, 0.3) is 0 Å². The summed E-state index contributed by atoms with van der Waals surface area (Å²) >= 11 is 0. The standard InChI is InChI=1S/C33H53NO4Si2/c1-10-17-29(35)24-28(26-39(7,8)9)25-37-32(36)34(27(2)3)22-23-38-40(33(4,5)6,30-18-13-11-14-19-30)31-20-15-12-16-21-31/h11-16,18-21,25,27,29,35H,10,17,22-24,26H2,1-9H3/b28-25+. The Bertz CT molecular complexity index is 1020. The van der Waals surface area contributed by atoms with Crippen LogP contribution < -0.4 is 10.4 Å². The molecule has 2 aromatic carbocycles. The van der Waals surface area contributed by atoms with Gasteiger partial charge >= 0.3 is 6.09 Å². The molecule has 1 amide bonds. The van der Waals surface area contributed by atoms with Crippen LogP contribution in [-0.4, -0.2) is 57.8 Å². The molecule has 0 aromatic heterocycles. The van der Waals surface area contributed by atoms with Crippen LogP contribution in [0.4, 0.5) is 4.79 Å². The van der Waals surface area contributed by atoms with Crippen molar-refractivity contribution < 1.29 is 19.1 Å². The van der Waals surface area contributed by atoms with Crippen molar-refractivity contribution in [3.63, 3.8) is 0 Å². The van der Waals surface area contributed by atoms with E-state index in [0.717, 1.165) is 24.5 Å². The maximum atomic E-state index is 13.3. The highest BCUT2D eigenvalue weighted by atomic mass is 28.4. The Morgan fingerprint density at radius 1 is 0.975 bits per heavy atom. The number of carbonyl (C=O) groups is 1. The molecular formula is C33H53NO4Si2. The van der Waals surface area contributed by atoms with E-state index < -0.39 is 22.5 Å². The average Bonchev–Trinajstić information content (AvgIpc) is 2.86. The van der Waals surface area contributed by atoms with Crippen LogP contribution in [0.5, 0.6) is 0 Å². The van der Waals surface area contributed by atoms with Gasteiger partial charge in [-0.05, 0) is 53.7 Å². The summed E-state index contributed by atoms with van der Waals surface area (Å²) < 4.78 is 12.8. The van der Waals surface area contributed by atoms with E-state index in [1.165, 1.54) is 10.4 Å². The number of aliphatic hydroxyl groups excluding tert-OH is 1. The zero-order valence-electron chi connectivity index (χ0n) is 26.4. The summed E-state index contributed by atoms with van der Waals surface area (Å²) in [7, 11) is -4.14. The van der Waals surface area contributed by atoms with Gasteiger partial charge in [-0.2, -0.15) is 0 Å². The fraction of sp³-hybridized carbons (Fsp3) is 0.545. The number of aliphatic hydroxyl groups is 1. The average molecular weight is 584 g/mol. The van der Waals surface area contributed by atoms with Crippen LogP contribution in [-0.2, 0) is 9.16 Å². The molecule has 0 radical (unpaired) electrons. The lowest BCUT2D eigenvalue weighted by Crippen LogP contribution is -2.67. The molecule has 222 valence electrons. The highest BCUT2D eigenvalue weighted by Crippen LogP contribution is 2.36. The van der Waals surface area contributed by atoms with Gasteiger partial charge in [-0.1, -0.05) is 114 Å². The molecule has 0 heterocycles. The molecule has 2 rings (SSSR count). The van der Waals surface area contributed by atoms with Gasteiger partial charge in [0.1, 0.15) is 0 Å². The smallest absolute Gasteiger partial charge is 0.414 e. The van der Waals surface area contributed by atoms with E-state index in [9.17, 15) is 9.90 Å². The van der Waals surface area contributed by atoms with Gasteiger partial charge in [-0.25, -0.2) is 4.79 Å². The van der Waals surface area contributed by atoms with Crippen molar-refractivity contribution in [2.24, 2.45) is 0 Å². The van der Waals surface area contributed by atoms with Crippen LogP contribution in [0.3, 0.4) is 0 Å². The molecule has 0 saturated carbocycles. The van der Waals surface area contributed by atoms with Crippen LogP contribution in [0.15, 0.2) is 72.5 Å². The van der Waals surface area contributed by atoms with E-state index in [-0.39, 0.29) is 17.2 Å². The largest absolute Gasteiger partial charge is 0.418 e. The van der Waals surface area contributed by atoms with Crippen LogP contribution in [0.2, 0.25) is 30.7 Å². The monoisotopic (exact) mass is 583 g/mol. The normalized spacial score (nSPS) is 13.8. The fourth-order valence-corrected chi connectivity index (χ4v) is 11.5.